The fraction of sp³-hybridized carbons (Fsp3) is 0.125. The highest BCUT2D eigenvalue weighted by atomic mass is 35.5. The first kappa shape index (κ1) is 17.6. The minimum Gasteiger partial charge on any atom is -0.496 e. The van der Waals surface area contributed by atoms with Gasteiger partial charge in [0.15, 0.2) is 11.6 Å². The van der Waals surface area contributed by atoms with Crippen molar-refractivity contribution in [2.75, 3.05) is 14.2 Å². The fourth-order valence-corrected chi connectivity index (χ4v) is 2.09. The Hall–Kier alpha value is -2.80. The quantitative estimate of drug-likeness (QED) is 0.829. The first-order chi connectivity index (χ1) is 11.5. The highest BCUT2D eigenvalue weighted by molar-refractivity contribution is 6.31. The third kappa shape index (κ3) is 3.94. The molecule has 0 heterocycles. The van der Waals surface area contributed by atoms with E-state index in [4.69, 9.17) is 21.1 Å². The third-order valence-corrected chi connectivity index (χ3v) is 3.34. The minimum absolute atomic E-state index is 0.0132. The first-order valence-corrected chi connectivity index (χ1v) is 7.11. The van der Waals surface area contributed by atoms with Crippen LogP contribution in [-0.2, 0) is 0 Å². The van der Waals surface area contributed by atoms with Crippen LogP contribution in [0.25, 0.3) is 0 Å². The molecule has 2 amide bonds. The molecule has 2 aromatic carbocycles. The summed E-state index contributed by atoms with van der Waals surface area (Å²) in [4.78, 5) is 24.1. The van der Waals surface area contributed by atoms with Gasteiger partial charge in [-0.25, -0.2) is 4.39 Å². The van der Waals surface area contributed by atoms with Crippen LogP contribution in [0.3, 0.4) is 0 Å². The third-order valence-electron chi connectivity index (χ3n) is 3.11. The molecular weight excluding hydrogens is 339 g/mol. The average Bonchev–Trinajstić information content (AvgIpc) is 2.59. The Labute approximate surface area is 142 Å². The number of nitrogens with one attached hydrogen (secondary N) is 2. The van der Waals surface area contributed by atoms with Crippen molar-refractivity contribution in [2.45, 2.75) is 0 Å². The second-order valence-electron chi connectivity index (χ2n) is 4.60. The van der Waals surface area contributed by atoms with E-state index in [1.807, 2.05) is 0 Å². The van der Waals surface area contributed by atoms with Gasteiger partial charge in [0.25, 0.3) is 11.8 Å². The van der Waals surface area contributed by atoms with Crippen LogP contribution in [0.2, 0.25) is 5.02 Å². The molecule has 0 bridgehead atoms. The predicted molar refractivity (Wildman–Crippen MR) is 85.9 cm³/mol. The standard InChI is InChI=1S/C16H14ClFN2O4/c1-23-13-6-4-10(17)8-11(13)16(22)20-19-15(21)9-3-5-14(24-2)12(18)7-9/h3-8H,1-2H3,(H,19,21)(H,20,22). The van der Waals surface area contributed by atoms with Crippen molar-refractivity contribution < 1.29 is 23.5 Å². The van der Waals surface area contributed by atoms with Gasteiger partial charge in [-0.15, -0.1) is 0 Å². The van der Waals surface area contributed by atoms with Crippen molar-refractivity contribution in [1.82, 2.24) is 10.9 Å². The molecule has 0 radical (unpaired) electrons. The van der Waals surface area contributed by atoms with Gasteiger partial charge in [0.2, 0.25) is 0 Å². The van der Waals surface area contributed by atoms with E-state index in [1.54, 1.807) is 6.07 Å². The van der Waals surface area contributed by atoms with E-state index in [-0.39, 0.29) is 16.9 Å². The smallest absolute Gasteiger partial charge is 0.273 e. The van der Waals surface area contributed by atoms with Crippen molar-refractivity contribution in [3.05, 3.63) is 58.4 Å². The van der Waals surface area contributed by atoms with Crippen LogP contribution < -0.4 is 20.3 Å². The van der Waals surface area contributed by atoms with E-state index in [0.717, 1.165) is 6.07 Å². The van der Waals surface area contributed by atoms with Crippen molar-refractivity contribution >= 4 is 23.4 Å². The molecular formula is C16H14ClFN2O4. The van der Waals surface area contributed by atoms with Gasteiger partial charge in [-0.1, -0.05) is 11.6 Å². The lowest BCUT2D eigenvalue weighted by atomic mass is 10.2. The summed E-state index contributed by atoms with van der Waals surface area (Å²) < 4.78 is 23.4. The van der Waals surface area contributed by atoms with E-state index < -0.39 is 17.6 Å². The molecule has 0 atom stereocenters. The van der Waals surface area contributed by atoms with Crippen LogP contribution in [0.4, 0.5) is 4.39 Å². The van der Waals surface area contributed by atoms with Gasteiger partial charge in [-0.05, 0) is 36.4 Å². The molecule has 0 fully saturated rings. The van der Waals surface area contributed by atoms with Gasteiger partial charge in [0.05, 0.1) is 19.8 Å². The topological polar surface area (TPSA) is 76.7 Å². The lowest BCUT2D eigenvalue weighted by Crippen LogP contribution is -2.41. The van der Waals surface area contributed by atoms with Crippen molar-refractivity contribution in [3.63, 3.8) is 0 Å². The van der Waals surface area contributed by atoms with E-state index >= 15 is 0 Å². The summed E-state index contributed by atoms with van der Waals surface area (Å²) in [6.45, 7) is 0. The molecule has 0 unspecified atom stereocenters. The van der Waals surface area contributed by atoms with Crippen LogP contribution in [-0.4, -0.2) is 26.0 Å². The van der Waals surface area contributed by atoms with E-state index in [0.29, 0.717) is 10.8 Å². The summed E-state index contributed by atoms with van der Waals surface area (Å²) in [5.74, 6) is -1.70. The Morgan fingerprint density at radius 3 is 2.21 bits per heavy atom. The summed E-state index contributed by atoms with van der Waals surface area (Å²) >= 11 is 5.85. The molecule has 0 saturated carbocycles. The zero-order chi connectivity index (χ0) is 17.7. The fourth-order valence-electron chi connectivity index (χ4n) is 1.92. The lowest BCUT2D eigenvalue weighted by Gasteiger charge is -2.11. The van der Waals surface area contributed by atoms with Gasteiger partial charge in [0, 0.05) is 10.6 Å². The molecule has 6 nitrogen and oxygen atoms in total. The summed E-state index contributed by atoms with van der Waals surface area (Å²) in [7, 11) is 2.72. The molecule has 24 heavy (non-hydrogen) atoms. The molecule has 0 aliphatic heterocycles. The maximum atomic E-state index is 13.6. The normalized spacial score (nSPS) is 10.0. The van der Waals surface area contributed by atoms with Gasteiger partial charge < -0.3 is 9.47 Å². The zero-order valence-electron chi connectivity index (χ0n) is 12.9. The number of amides is 2. The number of hydrazine groups is 1. The number of hydrogen-bond acceptors (Lipinski definition) is 4. The first-order valence-electron chi connectivity index (χ1n) is 6.74. The number of methoxy groups -OCH3 is 2. The highest BCUT2D eigenvalue weighted by Gasteiger charge is 2.15. The van der Waals surface area contributed by atoms with E-state index in [2.05, 4.69) is 10.9 Å². The Morgan fingerprint density at radius 1 is 0.958 bits per heavy atom. The summed E-state index contributed by atoms with van der Waals surface area (Å²) in [6.07, 6.45) is 0. The second-order valence-corrected chi connectivity index (χ2v) is 5.04. The summed E-state index contributed by atoms with van der Waals surface area (Å²) in [5.41, 5.74) is 4.57. The number of hydrogen-bond donors (Lipinski definition) is 2. The average molecular weight is 353 g/mol. The van der Waals surface area contributed by atoms with Crippen molar-refractivity contribution in [1.29, 1.82) is 0 Å². The minimum atomic E-state index is -0.689. The molecule has 0 aromatic heterocycles. The van der Waals surface area contributed by atoms with Crippen molar-refractivity contribution in [3.8, 4) is 11.5 Å². The molecule has 126 valence electrons. The van der Waals surface area contributed by atoms with Gasteiger partial charge in [0.1, 0.15) is 5.75 Å². The molecule has 2 N–H and O–H groups in total. The number of carbonyl (C=O) groups is 2. The maximum absolute atomic E-state index is 13.6. The Kier molecular flexibility index (Phi) is 5.59. The largest absolute Gasteiger partial charge is 0.496 e. The number of halogens is 2. The van der Waals surface area contributed by atoms with Gasteiger partial charge >= 0.3 is 0 Å². The maximum Gasteiger partial charge on any atom is 0.273 e. The second kappa shape index (κ2) is 7.65. The van der Waals surface area contributed by atoms with Crippen LogP contribution in [0.1, 0.15) is 20.7 Å². The summed E-state index contributed by atoms with van der Waals surface area (Å²) in [6, 6.07) is 8.17. The monoisotopic (exact) mass is 352 g/mol. The number of rotatable bonds is 4. The SMILES string of the molecule is COc1ccc(C(=O)NNC(=O)c2cc(Cl)ccc2OC)cc1F. The van der Waals surface area contributed by atoms with Crippen LogP contribution in [0.15, 0.2) is 36.4 Å². The van der Waals surface area contributed by atoms with Gasteiger partial charge in [-0.3, -0.25) is 20.4 Å². The van der Waals surface area contributed by atoms with Crippen LogP contribution in [0.5, 0.6) is 11.5 Å². The Balaban J connectivity index is 2.07. The summed E-state index contributed by atoms with van der Waals surface area (Å²) in [5, 5.41) is 0.338. The lowest BCUT2D eigenvalue weighted by molar-refractivity contribution is 0.0844. The Morgan fingerprint density at radius 2 is 1.58 bits per heavy atom. The molecule has 0 saturated heterocycles. The van der Waals surface area contributed by atoms with E-state index in [1.165, 1.54) is 38.5 Å². The molecule has 0 aliphatic carbocycles. The highest BCUT2D eigenvalue weighted by Crippen LogP contribution is 2.22. The number of benzene rings is 2. The van der Waals surface area contributed by atoms with Crippen LogP contribution in [0, 0.1) is 5.82 Å². The Bertz CT molecular complexity index is 783. The molecule has 0 spiro atoms. The van der Waals surface area contributed by atoms with Crippen molar-refractivity contribution in [2.24, 2.45) is 0 Å². The number of carbonyl (C=O) groups excluding carboxylic acids is 2. The van der Waals surface area contributed by atoms with Gasteiger partial charge in [-0.2, -0.15) is 0 Å². The predicted octanol–water partition coefficient (Wildman–Crippen LogP) is 2.57. The number of ether oxygens (including phenoxy) is 2. The molecule has 0 aliphatic rings. The zero-order valence-corrected chi connectivity index (χ0v) is 13.6. The van der Waals surface area contributed by atoms with E-state index in [9.17, 15) is 14.0 Å². The van der Waals surface area contributed by atoms with Crippen LogP contribution >= 0.6 is 11.6 Å². The molecule has 2 rings (SSSR count). The molecule has 2 aromatic rings. The molecule has 8 heteroatoms.